The topological polar surface area (TPSA) is 38.7 Å². The van der Waals surface area contributed by atoms with E-state index >= 15 is 0 Å². The molecule has 2 rings (SSSR count). The van der Waals surface area contributed by atoms with Gasteiger partial charge in [0.05, 0.1) is 0 Å². The highest BCUT2D eigenvalue weighted by Gasteiger charge is 2.33. The van der Waals surface area contributed by atoms with Gasteiger partial charge in [0.25, 0.3) is 0 Å². The van der Waals surface area contributed by atoms with Gasteiger partial charge in [0.2, 0.25) is 5.28 Å². The normalized spacial score (nSPS) is 11.6. The van der Waals surface area contributed by atoms with E-state index in [2.05, 4.69) is 30.9 Å². The highest BCUT2D eigenvalue weighted by Crippen LogP contribution is 2.32. The standard InChI is InChI=1S/C10H4BrClF3N3S/c11-5-1-2-7(16-4-5)19-8-3-6(10(13,14)15)17-9(12)18-8/h1-4H. The molecule has 0 amide bonds. The number of pyridine rings is 1. The minimum atomic E-state index is -4.56. The first-order chi connectivity index (χ1) is 8.84. The van der Waals surface area contributed by atoms with Crippen molar-refractivity contribution < 1.29 is 13.2 Å². The van der Waals surface area contributed by atoms with E-state index in [0.29, 0.717) is 5.03 Å². The van der Waals surface area contributed by atoms with Crippen LogP contribution in [-0.2, 0) is 6.18 Å². The summed E-state index contributed by atoms with van der Waals surface area (Å²) in [5.74, 6) is 0. The second-order valence-corrected chi connectivity index (χ2v) is 5.57. The predicted molar refractivity (Wildman–Crippen MR) is 68.1 cm³/mol. The Morgan fingerprint density at radius 1 is 1.16 bits per heavy atom. The van der Waals surface area contributed by atoms with Crippen molar-refractivity contribution in [3.05, 3.63) is 39.8 Å². The van der Waals surface area contributed by atoms with Gasteiger partial charge < -0.3 is 0 Å². The van der Waals surface area contributed by atoms with Crippen molar-refractivity contribution in [2.75, 3.05) is 0 Å². The fourth-order valence-corrected chi connectivity index (χ4v) is 2.35. The molecule has 2 heterocycles. The Bertz CT molecular complexity index is 592. The monoisotopic (exact) mass is 369 g/mol. The Kier molecular flexibility index (Phi) is 4.32. The fraction of sp³-hybridized carbons (Fsp3) is 0.100. The number of hydrogen-bond acceptors (Lipinski definition) is 4. The van der Waals surface area contributed by atoms with Crippen LogP contribution in [0.4, 0.5) is 13.2 Å². The molecule has 0 unspecified atom stereocenters. The largest absolute Gasteiger partial charge is 0.433 e. The van der Waals surface area contributed by atoms with Gasteiger partial charge >= 0.3 is 6.18 Å². The molecule has 0 atom stereocenters. The summed E-state index contributed by atoms with van der Waals surface area (Å²) in [6, 6.07) is 4.21. The highest BCUT2D eigenvalue weighted by atomic mass is 79.9. The lowest BCUT2D eigenvalue weighted by Gasteiger charge is -2.07. The SMILES string of the molecule is FC(F)(F)c1cc(Sc2ccc(Br)cn2)nc(Cl)n1. The van der Waals surface area contributed by atoms with Crippen LogP contribution in [0.3, 0.4) is 0 Å². The third kappa shape index (κ3) is 4.05. The van der Waals surface area contributed by atoms with Gasteiger partial charge in [-0.15, -0.1) is 0 Å². The van der Waals surface area contributed by atoms with Crippen molar-refractivity contribution in [2.45, 2.75) is 16.2 Å². The molecular formula is C10H4BrClF3N3S. The molecule has 0 radical (unpaired) electrons. The van der Waals surface area contributed by atoms with Crippen molar-refractivity contribution >= 4 is 39.3 Å². The first-order valence-corrected chi connectivity index (χ1v) is 6.74. The smallest absolute Gasteiger partial charge is 0.248 e. The van der Waals surface area contributed by atoms with Gasteiger partial charge in [0.15, 0.2) is 5.69 Å². The summed E-state index contributed by atoms with van der Waals surface area (Å²) in [7, 11) is 0. The van der Waals surface area contributed by atoms with Crippen LogP contribution in [0, 0.1) is 0 Å². The minimum absolute atomic E-state index is 0.0853. The van der Waals surface area contributed by atoms with E-state index in [1.54, 1.807) is 12.1 Å². The van der Waals surface area contributed by atoms with E-state index in [1.165, 1.54) is 6.20 Å². The molecule has 0 aliphatic heterocycles. The Morgan fingerprint density at radius 2 is 1.89 bits per heavy atom. The first kappa shape index (κ1) is 14.5. The van der Waals surface area contributed by atoms with E-state index in [4.69, 9.17) is 11.6 Å². The molecule has 9 heteroatoms. The molecule has 0 aromatic carbocycles. The Hall–Kier alpha value is -0.860. The average molecular weight is 371 g/mol. The third-order valence-electron chi connectivity index (χ3n) is 1.88. The molecule has 2 aromatic heterocycles. The molecule has 19 heavy (non-hydrogen) atoms. The summed E-state index contributed by atoms with van der Waals surface area (Å²) in [4.78, 5) is 10.9. The molecular weight excluding hydrogens is 367 g/mol. The zero-order chi connectivity index (χ0) is 14.0. The van der Waals surface area contributed by atoms with Crippen molar-refractivity contribution in [3.8, 4) is 0 Å². The quantitative estimate of drug-likeness (QED) is 0.578. The molecule has 2 aromatic rings. The molecule has 0 aliphatic carbocycles. The number of aromatic nitrogens is 3. The molecule has 3 nitrogen and oxygen atoms in total. The van der Waals surface area contributed by atoms with Crippen LogP contribution < -0.4 is 0 Å². The summed E-state index contributed by atoms with van der Waals surface area (Å²) >= 11 is 9.67. The van der Waals surface area contributed by atoms with E-state index in [-0.39, 0.29) is 5.03 Å². The molecule has 0 bridgehead atoms. The number of rotatable bonds is 2. The molecule has 0 fully saturated rings. The van der Waals surface area contributed by atoms with Gasteiger partial charge in [0, 0.05) is 16.7 Å². The Balaban J connectivity index is 2.30. The van der Waals surface area contributed by atoms with Crippen LogP contribution in [0.1, 0.15) is 5.69 Å². The second kappa shape index (κ2) is 5.64. The third-order valence-corrected chi connectivity index (χ3v) is 3.38. The summed E-state index contributed by atoms with van der Waals surface area (Å²) in [5, 5.41) is 0.141. The maximum atomic E-state index is 12.6. The van der Waals surface area contributed by atoms with Crippen molar-refractivity contribution in [1.82, 2.24) is 15.0 Å². The van der Waals surface area contributed by atoms with Gasteiger partial charge in [-0.05, 0) is 51.4 Å². The lowest BCUT2D eigenvalue weighted by atomic mass is 10.4. The van der Waals surface area contributed by atoms with E-state index < -0.39 is 17.2 Å². The first-order valence-electron chi connectivity index (χ1n) is 4.76. The summed E-state index contributed by atoms with van der Waals surface area (Å²) in [5.41, 5.74) is -1.08. The molecule has 0 spiro atoms. The second-order valence-electron chi connectivity index (χ2n) is 3.27. The van der Waals surface area contributed by atoms with Crippen LogP contribution >= 0.6 is 39.3 Å². The molecule has 0 N–H and O–H groups in total. The van der Waals surface area contributed by atoms with Gasteiger partial charge in [-0.25, -0.2) is 15.0 Å². The zero-order valence-electron chi connectivity index (χ0n) is 8.95. The number of halogens is 5. The van der Waals surface area contributed by atoms with Crippen molar-refractivity contribution in [2.24, 2.45) is 0 Å². The Labute approximate surface area is 123 Å². The van der Waals surface area contributed by atoms with E-state index in [1.807, 2.05) is 0 Å². The van der Waals surface area contributed by atoms with Gasteiger partial charge in [-0.2, -0.15) is 13.2 Å². The molecule has 0 aliphatic rings. The summed E-state index contributed by atoms with van der Waals surface area (Å²) in [6.45, 7) is 0. The maximum Gasteiger partial charge on any atom is 0.433 e. The van der Waals surface area contributed by atoms with Gasteiger partial charge in [0.1, 0.15) is 10.1 Å². The number of hydrogen-bond donors (Lipinski definition) is 0. The highest BCUT2D eigenvalue weighted by molar-refractivity contribution is 9.10. The maximum absolute atomic E-state index is 12.6. The molecule has 100 valence electrons. The zero-order valence-corrected chi connectivity index (χ0v) is 12.1. The van der Waals surface area contributed by atoms with Crippen LogP contribution in [-0.4, -0.2) is 15.0 Å². The van der Waals surface area contributed by atoms with Gasteiger partial charge in [-0.1, -0.05) is 0 Å². The van der Waals surface area contributed by atoms with Crippen molar-refractivity contribution in [1.29, 1.82) is 0 Å². The van der Waals surface area contributed by atoms with E-state index in [0.717, 1.165) is 22.3 Å². The minimum Gasteiger partial charge on any atom is -0.248 e. The van der Waals surface area contributed by atoms with Crippen molar-refractivity contribution in [3.63, 3.8) is 0 Å². The molecule has 0 saturated heterocycles. The van der Waals surface area contributed by atoms with Crippen LogP contribution in [0.25, 0.3) is 0 Å². The van der Waals surface area contributed by atoms with Gasteiger partial charge in [-0.3, -0.25) is 0 Å². The number of alkyl halides is 3. The molecule has 0 saturated carbocycles. The number of nitrogens with zero attached hydrogens (tertiary/aromatic N) is 3. The lowest BCUT2D eigenvalue weighted by Crippen LogP contribution is -2.09. The fourth-order valence-electron chi connectivity index (χ4n) is 1.12. The van der Waals surface area contributed by atoms with Crippen LogP contribution in [0.5, 0.6) is 0 Å². The predicted octanol–water partition coefficient (Wildman–Crippen LogP) is 4.46. The average Bonchev–Trinajstić information content (AvgIpc) is 2.30. The Morgan fingerprint density at radius 3 is 2.47 bits per heavy atom. The summed E-state index contributed by atoms with van der Waals surface area (Å²) in [6.07, 6.45) is -3.02. The van der Waals surface area contributed by atoms with E-state index in [9.17, 15) is 13.2 Å². The lowest BCUT2D eigenvalue weighted by molar-refractivity contribution is -0.141. The summed E-state index contributed by atoms with van der Waals surface area (Å²) < 4.78 is 38.5. The van der Waals surface area contributed by atoms with Crippen LogP contribution in [0.2, 0.25) is 5.28 Å². The van der Waals surface area contributed by atoms with Crippen LogP contribution in [0.15, 0.2) is 38.9 Å².